The van der Waals surface area contributed by atoms with E-state index in [-0.39, 0.29) is 25.3 Å². The Hall–Kier alpha value is -3.60. The monoisotopic (exact) mass is 449 g/mol. The first kappa shape index (κ1) is 17.1. The molecule has 10 nitrogen and oxygen atoms in total. The van der Waals surface area contributed by atoms with E-state index < -0.39 is 69.6 Å². The fraction of sp³-hybridized carbons (Fsp3) is 0.250. The van der Waals surface area contributed by atoms with Crippen LogP contribution in [0.1, 0.15) is 27.8 Å². The van der Waals surface area contributed by atoms with Gasteiger partial charge in [-0.05, 0) is 42.2 Å². The Bertz CT molecular complexity index is 1210. The Kier molecular flexibility index (Phi) is 5.23. The summed E-state index contributed by atoms with van der Waals surface area (Å²) in [6, 6.07) is 1.12. The molecule has 31 heavy (non-hydrogen) atoms. The van der Waals surface area contributed by atoms with Crippen LogP contribution in [0.15, 0.2) is 48.4 Å². The van der Waals surface area contributed by atoms with Gasteiger partial charge in [-0.1, -0.05) is 6.04 Å². The van der Waals surface area contributed by atoms with E-state index in [0.29, 0.717) is 5.56 Å². The summed E-state index contributed by atoms with van der Waals surface area (Å²) in [7, 11) is 0. The topological polar surface area (TPSA) is 139 Å². The van der Waals surface area contributed by atoms with Crippen LogP contribution in [-0.2, 0) is 16.1 Å². The number of anilines is 1. The van der Waals surface area contributed by atoms with E-state index in [0.717, 1.165) is 4.90 Å². The number of nitrogens with one attached hydrogen (secondary N) is 1. The second-order valence-electron chi connectivity index (χ2n) is 6.58. The maximum atomic E-state index is 13.0. The molecular formula is C20H19N3O7S. The molecule has 0 unspecified atom stereocenters. The van der Waals surface area contributed by atoms with Crippen molar-refractivity contribution in [2.24, 2.45) is 0 Å². The number of nitro benzene ring substituents is 1. The van der Waals surface area contributed by atoms with Gasteiger partial charge in [0.05, 0.1) is 16.0 Å². The molecule has 2 aromatic carbocycles. The van der Waals surface area contributed by atoms with Gasteiger partial charge in [-0.3, -0.25) is 19.8 Å². The van der Waals surface area contributed by atoms with Crippen molar-refractivity contribution in [2.75, 3.05) is 11.9 Å². The van der Waals surface area contributed by atoms with Crippen LogP contribution >= 0.6 is 12.6 Å². The lowest BCUT2D eigenvalue weighted by Crippen LogP contribution is -2.43. The predicted octanol–water partition coefficient (Wildman–Crippen LogP) is 2.94. The summed E-state index contributed by atoms with van der Waals surface area (Å²) in [6.45, 7) is -0.181. The quantitative estimate of drug-likeness (QED) is 0.350. The Labute approximate surface area is 188 Å². The maximum Gasteiger partial charge on any atom is 0.410 e. The molecule has 1 saturated heterocycles. The Morgan fingerprint density at radius 2 is 2.03 bits per heavy atom. The number of likely N-dealkylation sites (tertiary alicyclic amines) is 1. The first-order valence-electron chi connectivity index (χ1n) is 10.9. The van der Waals surface area contributed by atoms with E-state index in [1.165, 1.54) is 24.3 Å². The van der Waals surface area contributed by atoms with Crippen LogP contribution in [0.3, 0.4) is 0 Å². The number of nitro groups is 1. The number of nitrogens with zero attached hydrogens (tertiary/aromatic N) is 2. The highest BCUT2D eigenvalue weighted by atomic mass is 32.1. The van der Waals surface area contributed by atoms with Gasteiger partial charge in [-0.2, -0.15) is 12.6 Å². The Balaban J connectivity index is 1.76. The minimum absolute atomic E-state index is 0.0392. The van der Waals surface area contributed by atoms with Gasteiger partial charge in [0.25, 0.3) is 5.69 Å². The number of hydrogen-bond acceptors (Lipinski definition) is 7. The number of carbonyl (C=O) groups is 3. The van der Waals surface area contributed by atoms with Crippen LogP contribution in [0.4, 0.5) is 16.2 Å². The van der Waals surface area contributed by atoms with Crippen molar-refractivity contribution in [3.8, 4) is 0 Å². The average Bonchev–Trinajstić information content (AvgIpc) is 3.20. The fourth-order valence-electron chi connectivity index (χ4n) is 2.93. The summed E-state index contributed by atoms with van der Waals surface area (Å²) in [5.74, 6) is -2.50. The van der Waals surface area contributed by atoms with Crippen LogP contribution < -0.4 is 5.32 Å². The van der Waals surface area contributed by atoms with Gasteiger partial charge in [0.1, 0.15) is 12.6 Å². The molecule has 0 aromatic heterocycles. The van der Waals surface area contributed by atoms with Gasteiger partial charge < -0.3 is 15.2 Å². The predicted molar refractivity (Wildman–Crippen MR) is 113 cm³/mol. The zero-order valence-corrected chi connectivity index (χ0v) is 16.7. The van der Waals surface area contributed by atoms with Crippen molar-refractivity contribution in [3.63, 3.8) is 0 Å². The minimum Gasteiger partial charge on any atom is -0.478 e. The fourth-order valence-corrected chi connectivity index (χ4v) is 3.30. The van der Waals surface area contributed by atoms with E-state index >= 15 is 0 Å². The first-order valence-corrected chi connectivity index (χ1v) is 9.43. The molecule has 162 valence electrons. The second kappa shape index (κ2) is 9.47. The standard InChI is InChI=1S/C20H19N3O7S/c24-18(21-14-3-1-2-13(8-14)19(25)26)17-9-16(31)10-22(17)20(27)30-11-12-4-6-15(7-5-12)23(28)29/h1-8,16-17,31H,9-11H2,(H,21,24)(H,25,26)/t16-,17-/m0/s1/i1D,2D,3D,8D. The normalized spacial score (nSPS) is 19.6. The highest BCUT2D eigenvalue weighted by Crippen LogP contribution is 2.25. The third kappa shape index (κ3) is 5.51. The van der Waals surface area contributed by atoms with Gasteiger partial charge in [0.15, 0.2) is 0 Å². The molecule has 1 aliphatic heterocycles. The van der Waals surface area contributed by atoms with Crippen molar-refractivity contribution in [1.29, 1.82) is 0 Å². The number of rotatable bonds is 6. The van der Waals surface area contributed by atoms with Crippen molar-refractivity contribution < 1.29 is 34.6 Å². The summed E-state index contributed by atoms with van der Waals surface area (Å²) in [5, 5.41) is 21.9. The number of carboxylic acid groups (broad SMARTS) is 1. The summed E-state index contributed by atoms with van der Waals surface area (Å²) >= 11 is 4.31. The number of amides is 2. The van der Waals surface area contributed by atoms with E-state index in [1.807, 2.05) is 0 Å². The van der Waals surface area contributed by atoms with Crippen LogP contribution in [0, 0.1) is 10.1 Å². The number of thiol groups is 1. The van der Waals surface area contributed by atoms with Crippen LogP contribution in [0.25, 0.3) is 0 Å². The lowest BCUT2D eigenvalue weighted by atomic mass is 10.1. The van der Waals surface area contributed by atoms with E-state index in [1.54, 1.807) is 0 Å². The molecule has 0 saturated carbocycles. The van der Waals surface area contributed by atoms with Crippen molar-refractivity contribution in [1.82, 2.24) is 4.90 Å². The lowest BCUT2D eigenvalue weighted by Gasteiger charge is -2.23. The average molecular weight is 449 g/mol. The van der Waals surface area contributed by atoms with E-state index in [2.05, 4.69) is 17.9 Å². The smallest absolute Gasteiger partial charge is 0.410 e. The van der Waals surface area contributed by atoms with Gasteiger partial charge in [-0.25, -0.2) is 9.59 Å². The molecule has 2 amide bonds. The maximum absolute atomic E-state index is 13.0. The number of aromatic carboxylic acids is 1. The summed E-state index contributed by atoms with van der Waals surface area (Å²) in [6.07, 6.45) is -0.774. The molecule has 0 spiro atoms. The molecule has 1 heterocycles. The summed E-state index contributed by atoms with van der Waals surface area (Å²) < 4.78 is 36.7. The van der Waals surface area contributed by atoms with E-state index in [4.69, 9.17) is 10.2 Å². The summed E-state index contributed by atoms with van der Waals surface area (Å²) in [5.41, 5.74) is -1.05. The van der Waals surface area contributed by atoms with Crippen LogP contribution in [-0.4, -0.2) is 50.7 Å². The van der Waals surface area contributed by atoms with Gasteiger partial charge >= 0.3 is 12.1 Å². The third-order valence-corrected chi connectivity index (χ3v) is 4.79. The van der Waals surface area contributed by atoms with Gasteiger partial charge in [0, 0.05) is 29.6 Å². The molecule has 1 fully saturated rings. The molecule has 3 rings (SSSR count). The molecule has 2 aromatic rings. The van der Waals surface area contributed by atoms with Gasteiger partial charge in [-0.15, -0.1) is 0 Å². The first-order chi connectivity index (χ1) is 16.4. The largest absolute Gasteiger partial charge is 0.478 e. The molecule has 2 N–H and O–H groups in total. The Morgan fingerprint density at radius 3 is 2.68 bits per heavy atom. The zero-order chi connectivity index (χ0) is 26.0. The second-order valence-corrected chi connectivity index (χ2v) is 7.31. The zero-order valence-electron chi connectivity index (χ0n) is 19.8. The number of benzene rings is 2. The molecule has 0 radical (unpaired) electrons. The molecule has 1 aliphatic rings. The third-order valence-electron chi connectivity index (χ3n) is 4.41. The number of carbonyl (C=O) groups excluding carboxylic acids is 2. The van der Waals surface area contributed by atoms with Crippen LogP contribution in [0.5, 0.6) is 0 Å². The minimum atomic E-state index is -1.66. The number of hydrogen-bond donors (Lipinski definition) is 3. The lowest BCUT2D eigenvalue weighted by molar-refractivity contribution is -0.384. The number of non-ortho nitro benzene ring substituents is 1. The molecule has 0 bridgehead atoms. The summed E-state index contributed by atoms with van der Waals surface area (Å²) in [4.78, 5) is 48.3. The number of carboxylic acids is 1. The van der Waals surface area contributed by atoms with Crippen molar-refractivity contribution >= 4 is 42.0 Å². The molecule has 11 heteroatoms. The highest BCUT2D eigenvalue weighted by molar-refractivity contribution is 7.81. The molecule has 0 aliphatic carbocycles. The molecule has 2 atom stereocenters. The van der Waals surface area contributed by atoms with Crippen molar-refractivity contribution in [2.45, 2.75) is 24.3 Å². The van der Waals surface area contributed by atoms with E-state index in [9.17, 15) is 29.6 Å². The highest BCUT2D eigenvalue weighted by Gasteiger charge is 2.39. The number of ether oxygens (including phenoxy) is 1. The Morgan fingerprint density at radius 1 is 1.32 bits per heavy atom. The van der Waals surface area contributed by atoms with Gasteiger partial charge in [0.2, 0.25) is 5.91 Å². The molecular weight excluding hydrogens is 426 g/mol. The SMILES string of the molecule is [2H]c1c([2H])c(NC(=O)[C@@H]2C[C@H](S)CN2C(=O)OCc2ccc([N+](=O)[O-])cc2)c([2H])c(C(=O)O)c1[2H]. The van der Waals surface area contributed by atoms with Crippen molar-refractivity contribution in [3.05, 3.63) is 69.7 Å². The van der Waals surface area contributed by atoms with Crippen LogP contribution in [0.2, 0.25) is 0 Å².